The van der Waals surface area contributed by atoms with Gasteiger partial charge in [-0.05, 0) is 40.9 Å². The SMILES string of the molecule is Brc1cnc(-c2ccc(N3CCCC3)nc2)s1. The van der Waals surface area contributed by atoms with Crippen LogP contribution in [0, 0.1) is 0 Å². The van der Waals surface area contributed by atoms with E-state index < -0.39 is 0 Å². The molecule has 0 unspecified atom stereocenters. The van der Waals surface area contributed by atoms with Gasteiger partial charge in [0.15, 0.2) is 0 Å². The van der Waals surface area contributed by atoms with Gasteiger partial charge in [-0.15, -0.1) is 11.3 Å². The van der Waals surface area contributed by atoms with Crippen molar-refractivity contribution in [2.24, 2.45) is 0 Å². The number of pyridine rings is 1. The highest BCUT2D eigenvalue weighted by Crippen LogP contribution is 2.29. The Labute approximate surface area is 113 Å². The van der Waals surface area contributed by atoms with Gasteiger partial charge in [0.2, 0.25) is 0 Å². The lowest BCUT2D eigenvalue weighted by Gasteiger charge is -2.15. The molecule has 3 nitrogen and oxygen atoms in total. The zero-order valence-electron chi connectivity index (χ0n) is 9.27. The fraction of sp³-hybridized carbons (Fsp3) is 0.333. The highest BCUT2D eigenvalue weighted by molar-refractivity contribution is 9.11. The lowest BCUT2D eigenvalue weighted by atomic mass is 10.3. The van der Waals surface area contributed by atoms with E-state index in [0.717, 1.165) is 33.3 Å². The van der Waals surface area contributed by atoms with Gasteiger partial charge >= 0.3 is 0 Å². The second-order valence-electron chi connectivity index (χ2n) is 4.07. The van der Waals surface area contributed by atoms with Crippen molar-refractivity contribution in [3.8, 4) is 10.6 Å². The number of hydrogen-bond acceptors (Lipinski definition) is 4. The summed E-state index contributed by atoms with van der Waals surface area (Å²) >= 11 is 5.06. The van der Waals surface area contributed by atoms with Crippen molar-refractivity contribution in [1.82, 2.24) is 9.97 Å². The molecule has 0 atom stereocenters. The maximum absolute atomic E-state index is 4.52. The van der Waals surface area contributed by atoms with Gasteiger partial charge in [0.25, 0.3) is 0 Å². The first-order chi connectivity index (χ1) is 8.33. The molecule has 0 radical (unpaired) electrons. The van der Waals surface area contributed by atoms with Crippen LogP contribution in [0.4, 0.5) is 5.82 Å². The molecule has 0 amide bonds. The minimum atomic E-state index is 1.01. The minimum Gasteiger partial charge on any atom is -0.357 e. The van der Waals surface area contributed by atoms with Crippen molar-refractivity contribution >= 4 is 33.1 Å². The lowest BCUT2D eigenvalue weighted by molar-refractivity contribution is 0.938. The Hall–Kier alpha value is -0.940. The van der Waals surface area contributed by atoms with E-state index >= 15 is 0 Å². The molecule has 1 aliphatic heterocycles. The molecule has 17 heavy (non-hydrogen) atoms. The summed E-state index contributed by atoms with van der Waals surface area (Å²) in [5.41, 5.74) is 1.09. The van der Waals surface area contributed by atoms with Crippen LogP contribution in [0.15, 0.2) is 28.3 Å². The second kappa shape index (κ2) is 4.74. The van der Waals surface area contributed by atoms with Crippen LogP contribution in [-0.2, 0) is 0 Å². The molecule has 5 heteroatoms. The van der Waals surface area contributed by atoms with Crippen molar-refractivity contribution < 1.29 is 0 Å². The zero-order chi connectivity index (χ0) is 11.7. The summed E-state index contributed by atoms with van der Waals surface area (Å²) < 4.78 is 1.05. The van der Waals surface area contributed by atoms with Crippen molar-refractivity contribution in [3.05, 3.63) is 28.3 Å². The van der Waals surface area contributed by atoms with Crippen LogP contribution in [0.3, 0.4) is 0 Å². The smallest absolute Gasteiger partial charge is 0.128 e. The molecule has 2 aromatic heterocycles. The van der Waals surface area contributed by atoms with E-state index in [9.17, 15) is 0 Å². The van der Waals surface area contributed by atoms with Crippen LogP contribution >= 0.6 is 27.3 Å². The van der Waals surface area contributed by atoms with Crippen LogP contribution in [0.25, 0.3) is 10.6 Å². The average molecular weight is 310 g/mol. The molecule has 1 saturated heterocycles. The quantitative estimate of drug-likeness (QED) is 0.849. The number of nitrogens with zero attached hydrogens (tertiary/aromatic N) is 3. The van der Waals surface area contributed by atoms with Gasteiger partial charge in [0.05, 0.1) is 9.98 Å². The topological polar surface area (TPSA) is 29.0 Å². The molecule has 2 aromatic rings. The predicted molar refractivity (Wildman–Crippen MR) is 74.5 cm³/mol. The molecular weight excluding hydrogens is 298 g/mol. The summed E-state index contributed by atoms with van der Waals surface area (Å²) in [6.07, 6.45) is 6.30. The van der Waals surface area contributed by atoms with Crippen LogP contribution in [0.2, 0.25) is 0 Å². The third-order valence-corrected chi connectivity index (χ3v) is 4.43. The first-order valence-corrected chi connectivity index (χ1v) is 7.26. The first kappa shape index (κ1) is 11.2. The highest BCUT2D eigenvalue weighted by atomic mass is 79.9. The van der Waals surface area contributed by atoms with Crippen molar-refractivity contribution in [3.63, 3.8) is 0 Å². The number of anilines is 1. The first-order valence-electron chi connectivity index (χ1n) is 5.65. The third-order valence-electron chi connectivity index (χ3n) is 2.90. The molecule has 88 valence electrons. The van der Waals surface area contributed by atoms with Gasteiger partial charge in [0.1, 0.15) is 10.8 Å². The van der Waals surface area contributed by atoms with Gasteiger partial charge in [0, 0.05) is 24.8 Å². The summed E-state index contributed by atoms with van der Waals surface area (Å²) in [4.78, 5) is 11.2. The van der Waals surface area contributed by atoms with Gasteiger partial charge in [-0.2, -0.15) is 0 Å². The lowest BCUT2D eigenvalue weighted by Crippen LogP contribution is -2.18. The number of hydrogen-bond donors (Lipinski definition) is 0. The van der Waals surface area contributed by atoms with Gasteiger partial charge in [-0.25, -0.2) is 9.97 Å². The maximum Gasteiger partial charge on any atom is 0.128 e. The Bertz CT molecular complexity index is 503. The largest absolute Gasteiger partial charge is 0.357 e. The Balaban J connectivity index is 1.84. The monoisotopic (exact) mass is 309 g/mol. The van der Waals surface area contributed by atoms with Crippen molar-refractivity contribution in [2.45, 2.75) is 12.8 Å². The summed E-state index contributed by atoms with van der Waals surface area (Å²) in [6.45, 7) is 2.27. The molecule has 0 saturated carbocycles. The van der Waals surface area contributed by atoms with Crippen molar-refractivity contribution in [1.29, 1.82) is 0 Å². The molecular formula is C12H12BrN3S. The molecule has 0 aliphatic carbocycles. The zero-order valence-corrected chi connectivity index (χ0v) is 11.7. The third kappa shape index (κ3) is 2.35. The summed E-state index contributed by atoms with van der Waals surface area (Å²) in [5, 5.41) is 1.01. The molecule has 0 aromatic carbocycles. The Morgan fingerprint density at radius 3 is 2.53 bits per heavy atom. The highest BCUT2D eigenvalue weighted by Gasteiger charge is 2.13. The molecule has 0 bridgehead atoms. The minimum absolute atomic E-state index is 1.01. The van der Waals surface area contributed by atoms with E-state index in [1.165, 1.54) is 12.8 Å². The van der Waals surface area contributed by atoms with Crippen LogP contribution in [-0.4, -0.2) is 23.1 Å². The number of aromatic nitrogens is 2. The van der Waals surface area contributed by atoms with Gasteiger partial charge < -0.3 is 4.90 Å². The summed E-state index contributed by atoms with van der Waals surface area (Å²) in [6, 6.07) is 4.20. The number of rotatable bonds is 2. The normalized spacial score (nSPS) is 15.5. The fourth-order valence-corrected chi connectivity index (χ4v) is 3.23. The number of halogens is 1. The van der Waals surface area contributed by atoms with Gasteiger partial charge in [-0.1, -0.05) is 0 Å². The molecule has 0 N–H and O–H groups in total. The fourth-order valence-electron chi connectivity index (χ4n) is 2.03. The Kier molecular flexibility index (Phi) is 3.11. The van der Waals surface area contributed by atoms with Crippen molar-refractivity contribution in [2.75, 3.05) is 18.0 Å². The molecule has 3 rings (SSSR count). The van der Waals surface area contributed by atoms with E-state index in [2.05, 4.69) is 42.9 Å². The average Bonchev–Trinajstić information content (AvgIpc) is 3.00. The second-order valence-corrected chi connectivity index (χ2v) is 6.48. The maximum atomic E-state index is 4.52. The molecule has 1 fully saturated rings. The van der Waals surface area contributed by atoms with Gasteiger partial charge in [-0.3, -0.25) is 0 Å². The Morgan fingerprint density at radius 2 is 1.94 bits per heavy atom. The van der Waals surface area contributed by atoms with Crippen LogP contribution in [0.1, 0.15) is 12.8 Å². The van der Waals surface area contributed by atoms with E-state index in [-0.39, 0.29) is 0 Å². The summed E-state index contributed by atoms with van der Waals surface area (Å²) in [5.74, 6) is 1.09. The number of thiazole rings is 1. The summed E-state index contributed by atoms with van der Waals surface area (Å²) in [7, 11) is 0. The van der Waals surface area contributed by atoms with E-state index in [0.29, 0.717) is 0 Å². The van der Waals surface area contributed by atoms with E-state index in [1.54, 1.807) is 11.3 Å². The predicted octanol–water partition coefficient (Wildman–Crippen LogP) is 3.57. The van der Waals surface area contributed by atoms with Crippen LogP contribution in [0.5, 0.6) is 0 Å². The molecule has 1 aliphatic rings. The molecule has 0 spiro atoms. The van der Waals surface area contributed by atoms with Crippen LogP contribution < -0.4 is 4.90 Å². The molecule has 3 heterocycles. The standard InChI is InChI=1S/C12H12BrN3S/c13-10-8-15-12(17-10)9-3-4-11(14-7-9)16-5-1-2-6-16/h3-4,7-8H,1-2,5-6H2. The van der Waals surface area contributed by atoms with E-state index in [1.807, 2.05) is 12.4 Å². The Morgan fingerprint density at radius 1 is 1.12 bits per heavy atom. The van der Waals surface area contributed by atoms with E-state index in [4.69, 9.17) is 0 Å².